The fraction of sp³-hybridized carbons (Fsp3) is 0.500. The van der Waals surface area contributed by atoms with Crippen molar-refractivity contribution in [3.8, 4) is 12.3 Å². The first-order valence-corrected chi connectivity index (χ1v) is 4.53. The topological polar surface area (TPSA) is 20.2 Å². The van der Waals surface area contributed by atoms with Gasteiger partial charge in [-0.2, -0.15) is 0 Å². The Bertz CT molecular complexity index is 238. The maximum atomic E-state index is 9.68. The van der Waals surface area contributed by atoms with Crippen LogP contribution < -0.4 is 0 Å². The second-order valence-corrected chi connectivity index (χ2v) is 3.43. The van der Waals surface area contributed by atoms with E-state index in [0.717, 1.165) is 12.0 Å². The molecule has 0 aliphatic rings. The Morgan fingerprint density at radius 3 is 2.69 bits per heavy atom. The minimum atomic E-state index is -0.877. The van der Waals surface area contributed by atoms with E-state index < -0.39 is 5.60 Å². The summed E-state index contributed by atoms with van der Waals surface area (Å²) in [6.07, 6.45) is 12.2. The normalized spacial score (nSPS) is 17.0. The van der Waals surface area contributed by atoms with Gasteiger partial charge in [-0.15, -0.1) is 12.3 Å². The Morgan fingerprint density at radius 2 is 2.23 bits per heavy atom. The highest BCUT2D eigenvalue weighted by Gasteiger charge is 2.13. The molecule has 0 aromatic heterocycles. The third-order valence-electron chi connectivity index (χ3n) is 1.69. The van der Waals surface area contributed by atoms with Gasteiger partial charge in [0.15, 0.2) is 0 Å². The first kappa shape index (κ1) is 12.0. The van der Waals surface area contributed by atoms with Crippen LogP contribution >= 0.6 is 0 Å². The van der Waals surface area contributed by atoms with Gasteiger partial charge in [0.05, 0.1) is 5.60 Å². The van der Waals surface area contributed by atoms with E-state index in [1.54, 1.807) is 13.0 Å². The van der Waals surface area contributed by atoms with E-state index in [1.807, 2.05) is 13.0 Å². The number of allylic oxidation sites excluding steroid dienone is 3. The number of hydrogen-bond donors (Lipinski definition) is 1. The maximum Gasteiger partial charge on any atom is 0.0911 e. The van der Waals surface area contributed by atoms with Crippen molar-refractivity contribution in [1.82, 2.24) is 0 Å². The third-order valence-corrected chi connectivity index (χ3v) is 1.69. The van der Waals surface area contributed by atoms with Crippen LogP contribution in [-0.2, 0) is 0 Å². The lowest BCUT2D eigenvalue weighted by atomic mass is 10.0. The third kappa shape index (κ3) is 6.19. The van der Waals surface area contributed by atoms with Gasteiger partial charge >= 0.3 is 0 Å². The SMILES string of the molecule is C#CCC(C)(O)C=CC(C)=CCC. The molecule has 0 saturated carbocycles. The zero-order chi connectivity index (χ0) is 10.3. The summed E-state index contributed by atoms with van der Waals surface area (Å²) >= 11 is 0. The van der Waals surface area contributed by atoms with E-state index in [0.29, 0.717) is 6.42 Å². The minimum Gasteiger partial charge on any atom is -0.385 e. The maximum absolute atomic E-state index is 9.68. The molecule has 0 saturated heterocycles. The molecule has 0 aromatic carbocycles. The Balaban J connectivity index is 4.26. The van der Waals surface area contributed by atoms with Gasteiger partial charge in [0.1, 0.15) is 0 Å². The summed E-state index contributed by atoms with van der Waals surface area (Å²) in [5.74, 6) is 2.44. The van der Waals surface area contributed by atoms with Crippen molar-refractivity contribution in [2.24, 2.45) is 0 Å². The van der Waals surface area contributed by atoms with Crippen LogP contribution in [0.2, 0.25) is 0 Å². The number of rotatable bonds is 4. The summed E-state index contributed by atoms with van der Waals surface area (Å²) in [5, 5.41) is 9.68. The summed E-state index contributed by atoms with van der Waals surface area (Å²) in [4.78, 5) is 0. The molecule has 1 nitrogen and oxygen atoms in total. The van der Waals surface area contributed by atoms with E-state index in [4.69, 9.17) is 6.42 Å². The van der Waals surface area contributed by atoms with Gasteiger partial charge in [-0.25, -0.2) is 0 Å². The lowest BCUT2D eigenvalue weighted by molar-refractivity contribution is 0.117. The summed E-state index contributed by atoms with van der Waals surface area (Å²) in [7, 11) is 0. The van der Waals surface area contributed by atoms with Crippen molar-refractivity contribution in [2.45, 2.75) is 39.2 Å². The van der Waals surface area contributed by atoms with E-state index in [2.05, 4.69) is 18.9 Å². The van der Waals surface area contributed by atoms with Crippen molar-refractivity contribution in [1.29, 1.82) is 0 Å². The first-order valence-electron chi connectivity index (χ1n) is 4.53. The van der Waals surface area contributed by atoms with Crippen LogP contribution in [0.25, 0.3) is 0 Å². The Labute approximate surface area is 81.2 Å². The molecule has 1 N–H and O–H groups in total. The average Bonchev–Trinajstić information content (AvgIpc) is 2.02. The molecule has 0 heterocycles. The van der Waals surface area contributed by atoms with Crippen molar-refractivity contribution >= 4 is 0 Å². The Kier molecular flexibility index (Phi) is 5.18. The molecule has 1 heteroatoms. The second kappa shape index (κ2) is 5.61. The molecular formula is C12H18O. The Hall–Kier alpha value is -1.00. The zero-order valence-electron chi connectivity index (χ0n) is 8.67. The highest BCUT2D eigenvalue weighted by atomic mass is 16.3. The standard InChI is InChI=1S/C12H18O/c1-5-7-11(3)8-10-12(4,13)9-6-2/h2,7-8,10,13H,5,9H2,1,3-4H3. The summed E-state index contributed by atoms with van der Waals surface area (Å²) in [6, 6.07) is 0. The highest BCUT2D eigenvalue weighted by molar-refractivity contribution is 5.19. The molecule has 0 fully saturated rings. The van der Waals surface area contributed by atoms with Gasteiger partial charge in [-0.3, -0.25) is 0 Å². The summed E-state index contributed by atoms with van der Waals surface area (Å²) < 4.78 is 0. The molecule has 0 bridgehead atoms. The lowest BCUT2D eigenvalue weighted by Gasteiger charge is -2.14. The molecular weight excluding hydrogens is 160 g/mol. The van der Waals surface area contributed by atoms with E-state index >= 15 is 0 Å². The predicted octanol–water partition coefficient (Wildman–Crippen LogP) is 2.67. The monoisotopic (exact) mass is 178 g/mol. The molecule has 0 aromatic rings. The van der Waals surface area contributed by atoms with Crippen LogP contribution in [0, 0.1) is 12.3 Å². The van der Waals surface area contributed by atoms with E-state index in [9.17, 15) is 5.11 Å². The van der Waals surface area contributed by atoms with Gasteiger partial charge in [-0.05, 0) is 20.3 Å². The van der Waals surface area contributed by atoms with Crippen LogP contribution in [0.5, 0.6) is 0 Å². The number of hydrogen-bond acceptors (Lipinski definition) is 1. The van der Waals surface area contributed by atoms with Crippen molar-refractivity contribution in [3.05, 3.63) is 23.8 Å². The number of terminal acetylenes is 1. The molecule has 13 heavy (non-hydrogen) atoms. The second-order valence-electron chi connectivity index (χ2n) is 3.43. The molecule has 0 rings (SSSR count). The first-order chi connectivity index (χ1) is 6.02. The molecule has 0 radical (unpaired) electrons. The fourth-order valence-corrected chi connectivity index (χ4v) is 0.967. The van der Waals surface area contributed by atoms with Crippen molar-refractivity contribution < 1.29 is 5.11 Å². The molecule has 0 amide bonds. The predicted molar refractivity (Wildman–Crippen MR) is 57.3 cm³/mol. The van der Waals surface area contributed by atoms with Crippen LogP contribution in [-0.4, -0.2) is 10.7 Å². The molecule has 0 spiro atoms. The summed E-state index contributed by atoms with van der Waals surface area (Å²) in [5.41, 5.74) is 0.275. The zero-order valence-corrected chi connectivity index (χ0v) is 8.67. The minimum absolute atomic E-state index is 0.350. The van der Waals surface area contributed by atoms with Gasteiger partial charge in [-0.1, -0.05) is 30.7 Å². The summed E-state index contributed by atoms with van der Waals surface area (Å²) in [6.45, 7) is 5.80. The molecule has 1 atom stereocenters. The highest BCUT2D eigenvalue weighted by Crippen LogP contribution is 2.11. The average molecular weight is 178 g/mol. The van der Waals surface area contributed by atoms with Gasteiger partial charge in [0.25, 0.3) is 0 Å². The van der Waals surface area contributed by atoms with Crippen LogP contribution in [0.4, 0.5) is 0 Å². The van der Waals surface area contributed by atoms with Crippen LogP contribution in [0.15, 0.2) is 23.8 Å². The van der Waals surface area contributed by atoms with Crippen LogP contribution in [0.3, 0.4) is 0 Å². The number of aliphatic hydroxyl groups is 1. The van der Waals surface area contributed by atoms with Crippen molar-refractivity contribution in [2.75, 3.05) is 0 Å². The van der Waals surface area contributed by atoms with Gasteiger partial charge in [0.2, 0.25) is 0 Å². The molecule has 72 valence electrons. The lowest BCUT2D eigenvalue weighted by Crippen LogP contribution is -2.19. The van der Waals surface area contributed by atoms with Gasteiger partial charge in [0, 0.05) is 6.42 Å². The van der Waals surface area contributed by atoms with Crippen LogP contribution in [0.1, 0.15) is 33.6 Å². The van der Waals surface area contributed by atoms with Crippen molar-refractivity contribution in [3.63, 3.8) is 0 Å². The van der Waals surface area contributed by atoms with E-state index in [1.165, 1.54) is 0 Å². The molecule has 0 aliphatic heterocycles. The quantitative estimate of drug-likeness (QED) is 0.518. The Morgan fingerprint density at radius 1 is 1.62 bits per heavy atom. The molecule has 1 unspecified atom stereocenters. The van der Waals surface area contributed by atoms with Gasteiger partial charge < -0.3 is 5.11 Å². The largest absolute Gasteiger partial charge is 0.385 e. The molecule has 0 aliphatic carbocycles. The van der Waals surface area contributed by atoms with E-state index in [-0.39, 0.29) is 0 Å². The smallest absolute Gasteiger partial charge is 0.0911 e. The fourth-order valence-electron chi connectivity index (χ4n) is 0.967.